The summed E-state index contributed by atoms with van der Waals surface area (Å²) in [5.41, 5.74) is 0. The summed E-state index contributed by atoms with van der Waals surface area (Å²) < 4.78 is 0. The van der Waals surface area contributed by atoms with Crippen molar-refractivity contribution in [3.8, 4) is 0 Å². The van der Waals surface area contributed by atoms with E-state index in [1.54, 1.807) is 16.7 Å². The van der Waals surface area contributed by atoms with Gasteiger partial charge in [-0.1, -0.05) is 0 Å². The molecule has 0 aromatic carbocycles. The summed E-state index contributed by atoms with van der Waals surface area (Å²) in [6.45, 7) is 3.87. The lowest BCUT2D eigenvalue weighted by Gasteiger charge is -2.41. The Balaban J connectivity index is 2.08. The molecule has 3 unspecified atom stereocenters. The highest BCUT2D eigenvalue weighted by Crippen LogP contribution is 2.35. The first-order chi connectivity index (χ1) is 8.56. The molecule has 0 bridgehead atoms. The molecule has 1 heterocycles. The molecule has 2 fully saturated rings. The van der Waals surface area contributed by atoms with E-state index in [9.17, 15) is 9.59 Å². The topological polar surface area (TPSA) is 49.4 Å². The van der Waals surface area contributed by atoms with Gasteiger partial charge in [0.15, 0.2) is 0 Å². The average Bonchev–Trinajstić information content (AvgIpc) is 3.15. The molecule has 18 heavy (non-hydrogen) atoms. The van der Waals surface area contributed by atoms with Crippen LogP contribution >= 0.6 is 11.8 Å². The van der Waals surface area contributed by atoms with Crippen LogP contribution in [0.5, 0.6) is 0 Å². The van der Waals surface area contributed by atoms with E-state index in [1.807, 2.05) is 13.8 Å². The number of nitrogens with one attached hydrogen (secondary N) is 1. The molecule has 1 N–H and O–H groups in total. The highest BCUT2D eigenvalue weighted by atomic mass is 32.2. The van der Waals surface area contributed by atoms with Crippen molar-refractivity contribution in [2.24, 2.45) is 5.92 Å². The minimum Gasteiger partial charge on any atom is -0.342 e. The minimum atomic E-state index is -0.329. The lowest BCUT2D eigenvalue weighted by molar-refractivity contribution is -0.151. The fourth-order valence-electron chi connectivity index (χ4n) is 2.59. The van der Waals surface area contributed by atoms with Crippen molar-refractivity contribution < 1.29 is 9.59 Å². The van der Waals surface area contributed by atoms with E-state index in [2.05, 4.69) is 11.6 Å². The van der Waals surface area contributed by atoms with Gasteiger partial charge in [0, 0.05) is 6.04 Å². The number of hydrogen-bond acceptors (Lipinski definition) is 3. The van der Waals surface area contributed by atoms with Gasteiger partial charge >= 0.3 is 0 Å². The largest absolute Gasteiger partial charge is 0.342 e. The number of rotatable bonds is 5. The lowest BCUT2D eigenvalue weighted by Crippen LogP contribution is -2.65. The van der Waals surface area contributed by atoms with Gasteiger partial charge in [0.1, 0.15) is 12.1 Å². The molecule has 5 heteroatoms. The van der Waals surface area contributed by atoms with Crippen LogP contribution in [0.2, 0.25) is 0 Å². The summed E-state index contributed by atoms with van der Waals surface area (Å²) in [6.07, 6.45) is 5.14. The van der Waals surface area contributed by atoms with Crippen LogP contribution in [0.25, 0.3) is 0 Å². The van der Waals surface area contributed by atoms with Crippen LogP contribution in [0.1, 0.15) is 33.1 Å². The van der Waals surface area contributed by atoms with E-state index in [4.69, 9.17) is 0 Å². The van der Waals surface area contributed by atoms with E-state index in [1.165, 1.54) is 0 Å². The lowest BCUT2D eigenvalue weighted by atomic mass is 10.0. The molecule has 1 saturated heterocycles. The van der Waals surface area contributed by atoms with Crippen molar-refractivity contribution in [1.29, 1.82) is 0 Å². The molecule has 0 radical (unpaired) electrons. The molecular weight excluding hydrogens is 248 g/mol. The Hall–Kier alpha value is -0.710. The number of carbonyl (C=O) groups excluding carboxylic acids is 2. The predicted molar refractivity (Wildman–Crippen MR) is 73.4 cm³/mol. The van der Waals surface area contributed by atoms with Crippen molar-refractivity contribution in [3.05, 3.63) is 0 Å². The summed E-state index contributed by atoms with van der Waals surface area (Å²) in [5.74, 6) is 1.53. The Bertz CT molecular complexity index is 344. The van der Waals surface area contributed by atoms with Gasteiger partial charge in [-0.05, 0) is 51.0 Å². The number of carbonyl (C=O) groups is 2. The molecule has 0 spiro atoms. The summed E-state index contributed by atoms with van der Waals surface area (Å²) in [6, 6.07) is -0.443. The van der Waals surface area contributed by atoms with Gasteiger partial charge in [0.2, 0.25) is 11.8 Å². The molecule has 2 aliphatic rings. The second-order valence-corrected chi connectivity index (χ2v) is 6.36. The Morgan fingerprint density at radius 3 is 2.67 bits per heavy atom. The molecule has 4 nitrogen and oxygen atoms in total. The zero-order valence-corrected chi connectivity index (χ0v) is 12.1. The molecular formula is C13H22N2O2S. The molecule has 1 aliphatic carbocycles. The highest BCUT2D eigenvalue weighted by molar-refractivity contribution is 7.98. The third-order valence-electron chi connectivity index (χ3n) is 3.92. The average molecular weight is 270 g/mol. The first-order valence-corrected chi connectivity index (χ1v) is 8.07. The second kappa shape index (κ2) is 5.51. The van der Waals surface area contributed by atoms with Crippen molar-refractivity contribution >= 4 is 23.6 Å². The maximum absolute atomic E-state index is 12.5. The van der Waals surface area contributed by atoms with Crippen LogP contribution in [0.15, 0.2) is 0 Å². The summed E-state index contributed by atoms with van der Waals surface area (Å²) >= 11 is 1.78. The fourth-order valence-corrected chi connectivity index (χ4v) is 3.17. The molecule has 1 saturated carbocycles. The third-order valence-corrected chi connectivity index (χ3v) is 4.57. The summed E-state index contributed by atoms with van der Waals surface area (Å²) in [4.78, 5) is 26.2. The normalized spacial score (nSPS) is 30.3. The van der Waals surface area contributed by atoms with Crippen LogP contribution in [-0.2, 0) is 9.59 Å². The molecule has 0 aromatic heterocycles. The van der Waals surface area contributed by atoms with Crippen molar-refractivity contribution in [2.75, 3.05) is 12.0 Å². The van der Waals surface area contributed by atoms with E-state index >= 15 is 0 Å². The van der Waals surface area contributed by atoms with Crippen LogP contribution in [0, 0.1) is 5.92 Å². The molecule has 3 atom stereocenters. The first-order valence-electron chi connectivity index (χ1n) is 6.67. The number of hydrogen-bond donors (Lipinski definition) is 1. The van der Waals surface area contributed by atoms with Gasteiger partial charge in [-0.15, -0.1) is 0 Å². The number of amides is 2. The van der Waals surface area contributed by atoms with Gasteiger partial charge in [0.25, 0.3) is 0 Å². The zero-order chi connectivity index (χ0) is 13.3. The summed E-state index contributed by atoms with van der Waals surface area (Å²) in [5, 5.41) is 2.88. The Labute approximate surface area is 113 Å². The first kappa shape index (κ1) is 13.7. The fraction of sp³-hybridized carbons (Fsp3) is 0.846. The summed E-state index contributed by atoms with van der Waals surface area (Å²) in [7, 11) is 0. The van der Waals surface area contributed by atoms with Crippen molar-refractivity contribution in [1.82, 2.24) is 10.2 Å². The van der Waals surface area contributed by atoms with Gasteiger partial charge < -0.3 is 10.2 Å². The van der Waals surface area contributed by atoms with Crippen LogP contribution in [0.3, 0.4) is 0 Å². The van der Waals surface area contributed by atoms with E-state index in [0.717, 1.165) is 25.0 Å². The van der Waals surface area contributed by atoms with Crippen LogP contribution in [0.4, 0.5) is 0 Å². The van der Waals surface area contributed by atoms with Crippen LogP contribution in [-0.4, -0.2) is 46.8 Å². The smallest absolute Gasteiger partial charge is 0.246 e. The second-order valence-electron chi connectivity index (χ2n) is 5.38. The van der Waals surface area contributed by atoms with E-state index in [0.29, 0.717) is 5.92 Å². The number of thioether (sulfide) groups is 1. The Morgan fingerprint density at radius 2 is 2.11 bits per heavy atom. The van der Waals surface area contributed by atoms with Crippen LogP contribution < -0.4 is 5.32 Å². The Kier molecular flexibility index (Phi) is 4.20. The molecule has 102 valence electrons. The van der Waals surface area contributed by atoms with Gasteiger partial charge in [-0.3, -0.25) is 9.59 Å². The van der Waals surface area contributed by atoms with Gasteiger partial charge in [-0.2, -0.15) is 11.8 Å². The number of piperazine rings is 1. The van der Waals surface area contributed by atoms with E-state index in [-0.39, 0.29) is 29.9 Å². The Morgan fingerprint density at radius 1 is 1.44 bits per heavy atom. The zero-order valence-electron chi connectivity index (χ0n) is 11.3. The monoisotopic (exact) mass is 270 g/mol. The molecule has 0 aromatic rings. The minimum absolute atomic E-state index is 0.00232. The maximum Gasteiger partial charge on any atom is 0.246 e. The third kappa shape index (κ3) is 2.66. The predicted octanol–water partition coefficient (Wildman–Crippen LogP) is 1.25. The molecule has 2 amide bonds. The van der Waals surface area contributed by atoms with Gasteiger partial charge in [-0.25, -0.2) is 0 Å². The SMILES string of the molecule is CSCCC(C)N1C(=O)C(C2CC2)NC(=O)C1C. The van der Waals surface area contributed by atoms with Crippen molar-refractivity contribution in [3.63, 3.8) is 0 Å². The standard InChI is InChI=1S/C13H22N2O2S/c1-8(6-7-18-3)15-9(2)12(16)14-11(13(15)17)10-4-5-10/h8-11H,4-7H2,1-3H3,(H,14,16). The highest BCUT2D eigenvalue weighted by Gasteiger charge is 2.46. The van der Waals surface area contributed by atoms with E-state index < -0.39 is 0 Å². The molecule has 1 aliphatic heterocycles. The number of nitrogens with zero attached hydrogens (tertiary/aromatic N) is 1. The van der Waals surface area contributed by atoms with Crippen molar-refractivity contribution in [2.45, 2.75) is 51.2 Å². The maximum atomic E-state index is 12.5. The quantitative estimate of drug-likeness (QED) is 0.818. The molecule has 2 rings (SSSR count). The van der Waals surface area contributed by atoms with Gasteiger partial charge in [0.05, 0.1) is 0 Å².